The number of ether oxygens (including phenoxy) is 1. The van der Waals surface area contributed by atoms with E-state index in [0.717, 1.165) is 0 Å². The van der Waals surface area contributed by atoms with Gasteiger partial charge in [0, 0.05) is 36.3 Å². The van der Waals surface area contributed by atoms with Gasteiger partial charge in [-0.3, -0.25) is 0 Å². The highest BCUT2D eigenvalue weighted by atomic mass is 35.5. The summed E-state index contributed by atoms with van der Waals surface area (Å²) < 4.78 is 32.3. The lowest BCUT2D eigenvalue weighted by Gasteiger charge is -2.37. The van der Waals surface area contributed by atoms with Gasteiger partial charge in [-0.15, -0.1) is 0 Å². The highest BCUT2D eigenvalue weighted by molar-refractivity contribution is 7.89. The van der Waals surface area contributed by atoms with Crippen LogP contribution >= 0.6 is 23.2 Å². The topological polar surface area (TPSA) is 72.6 Å². The van der Waals surface area contributed by atoms with Crippen molar-refractivity contribution >= 4 is 33.2 Å². The largest absolute Gasteiger partial charge is 0.381 e. The molecule has 0 aliphatic carbocycles. The standard InChI is InChI=1S/C13H18Cl2N2O3S/c1-20-12-2-3-17(11(7-12)8-16)21(18,19)13-5-9(14)4-10(15)6-13/h4-6,11-12H,2-3,7-8,16H2,1H3. The summed E-state index contributed by atoms with van der Waals surface area (Å²) in [5.41, 5.74) is 5.73. The Morgan fingerprint density at radius 1 is 1.33 bits per heavy atom. The monoisotopic (exact) mass is 352 g/mol. The summed E-state index contributed by atoms with van der Waals surface area (Å²) in [7, 11) is -2.05. The Morgan fingerprint density at radius 2 is 1.95 bits per heavy atom. The molecule has 0 radical (unpaired) electrons. The minimum absolute atomic E-state index is 0.0351. The summed E-state index contributed by atoms with van der Waals surface area (Å²) >= 11 is 11.8. The van der Waals surface area contributed by atoms with Crippen LogP contribution in [0.25, 0.3) is 0 Å². The van der Waals surface area contributed by atoms with Crippen LogP contribution in [-0.2, 0) is 14.8 Å². The van der Waals surface area contributed by atoms with Gasteiger partial charge in [0.2, 0.25) is 10.0 Å². The molecule has 0 bridgehead atoms. The van der Waals surface area contributed by atoms with Crippen LogP contribution in [0.3, 0.4) is 0 Å². The summed E-state index contributed by atoms with van der Waals surface area (Å²) in [6.07, 6.45) is 1.26. The van der Waals surface area contributed by atoms with Gasteiger partial charge < -0.3 is 10.5 Å². The number of benzene rings is 1. The maximum Gasteiger partial charge on any atom is 0.243 e. The Bertz CT molecular complexity index is 589. The average molecular weight is 353 g/mol. The van der Waals surface area contributed by atoms with E-state index in [4.69, 9.17) is 33.7 Å². The minimum atomic E-state index is -3.67. The first-order valence-electron chi connectivity index (χ1n) is 6.59. The molecule has 0 saturated carbocycles. The molecule has 21 heavy (non-hydrogen) atoms. The first-order valence-corrected chi connectivity index (χ1v) is 8.79. The van der Waals surface area contributed by atoms with Gasteiger partial charge in [-0.05, 0) is 31.0 Å². The van der Waals surface area contributed by atoms with Crippen molar-refractivity contribution < 1.29 is 13.2 Å². The van der Waals surface area contributed by atoms with E-state index in [1.165, 1.54) is 22.5 Å². The molecular formula is C13H18Cl2N2O3S. The van der Waals surface area contributed by atoms with Crippen LogP contribution in [-0.4, -0.2) is 45.1 Å². The number of hydrogen-bond donors (Lipinski definition) is 1. The number of rotatable bonds is 4. The van der Waals surface area contributed by atoms with E-state index in [-0.39, 0.29) is 33.6 Å². The Balaban J connectivity index is 2.34. The van der Waals surface area contributed by atoms with Gasteiger partial charge in [-0.25, -0.2) is 8.42 Å². The van der Waals surface area contributed by atoms with E-state index < -0.39 is 10.0 Å². The van der Waals surface area contributed by atoms with Gasteiger partial charge >= 0.3 is 0 Å². The third-order valence-corrected chi connectivity index (χ3v) is 6.03. The molecule has 1 aliphatic heterocycles. The Hall–Kier alpha value is -0.370. The predicted molar refractivity (Wildman–Crippen MR) is 83.2 cm³/mol. The number of piperidine rings is 1. The van der Waals surface area contributed by atoms with Crippen LogP contribution in [0.5, 0.6) is 0 Å². The number of halogens is 2. The molecule has 1 saturated heterocycles. The number of nitrogens with two attached hydrogens (primary N) is 1. The van der Waals surface area contributed by atoms with E-state index in [0.29, 0.717) is 19.4 Å². The summed E-state index contributed by atoms with van der Waals surface area (Å²) in [4.78, 5) is 0.0920. The summed E-state index contributed by atoms with van der Waals surface area (Å²) in [6, 6.07) is 4.02. The molecule has 1 aliphatic rings. The fourth-order valence-corrected chi connectivity index (χ4v) is 4.94. The SMILES string of the molecule is COC1CCN(S(=O)(=O)c2cc(Cl)cc(Cl)c2)C(CN)C1. The molecule has 8 heteroatoms. The fraction of sp³-hybridized carbons (Fsp3) is 0.538. The van der Waals surface area contributed by atoms with Gasteiger partial charge in [-0.2, -0.15) is 4.31 Å². The molecule has 2 unspecified atom stereocenters. The Labute approximate surface area is 135 Å². The zero-order valence-corrected chi connectivity index (χ0v) is 14.0. The smallest absolute Gasteiger partial charge is 0.243 e. The van der Waals surface area contributed by atoms with Crippen molar-refractivity contribution in [3.63, 3.8) is 0 Å². The number of methoxy groups -OCH3 is 1. The van der Waals surface area contributed by atoms with Crippen molar-refractivity contribution in [3.8, 4) is 0 Å². The van der Waals surface area contributed by atoms with Crippen molar-refractivity contribution in [1.29, 1.82) is 0 Å². The van der Waals surface area contributed by atoms with Gasteiger partial charge in [0.05, 0.1) is 11.0 Å². The summed E-state index contributed by atoms with van der Waals surface area (Å²) in [5, 5.41) is 0.578. The van der Waals surface area contributed by atoms with Gasteiger partial charge in [0.25, 0.3) is 0 Å². The number of sulfonamides is 1. The quantitative estimate of drug-likeness (QED) is 0.900. The number of hydrogen-bond acceptors (Lipinski definition) is 4. The molecule has 118 valence electrons. The van der Waals surface area contributed by atoms with Crippen molar-refractivity contribution in [2.45, 2.75) is 29.9 Å². The molecule has 1 fully saturated rings. The van der Waals surface area contributed by atoms with Crippen LogP contribution in [0, 0.1) is 0 Å². The van der Waals surface area contributed by atoms with Gasteiger partial charge in [-0.1, -0.05) is 23.2 Å². The molecule has 1 aromatic rings. The van der Waals surface area contributed by atoms with Crippen LogP contribution in [0.4, 0.5) is 0 Å². The maximum absolute atomic E-state index is 12.8. The summed E-state index contributed by atoms with van der Waals surface area (Å²) in [6.45, 7) is 0.611. The van der Waals surface area contributed by atoms with Crippen molar-refractivity contribution in [1.82, 2.24) is 4.31 Å². The zero-order chi connectivity index (χ0) is 15.6. The first kappa shape index (κ1) is 17.0. The van der Waals surface area contributed by atoms with Crippen LogP contribution in [0.2, 0.25) is 10.0 Å². The number of nitrogens with zero attached hydrogens (tertiary/aromatic N) is 1. The predicted octanol–water partition coefficient (Wildman–Crippen LogP) is 2.12. The molecule has 0 aromatic heterocycles. The first-order chi connectivity index (χ1) is 9.88. The molecule has 0 amide bonds. The fourth-order valence-electron chi connectivity index (χ4n) is 2.55. The van der Waals surface area contributed by atoms with Crippen LogP contribution in [0.15, 0.2) is 23.1 Å². The van der Waals surface area contributed by atoms with Crippen LogP contribution in [0.1, 0.15) is 12.8 Å². The molecule has 0 spiro atoms. The van der Waals surface area contributed by atoms with E-state index in [1.807, 2.05) is 0 Å². The molecular weight excluding hydrogens is 335 g/mol. The third kappa shape index (κ3) is 3.70. The van der Waals surface area contributed by atoms with E-state index >= 15 is 0 Å². The van der Waals surface area contributed by atoms with Crippen molar-refractivity contribution in [2.75, 3.05) is 20.2 Å². The van der Waals surface area contributed by atoms with Crippen LogP contribution < -0.4 is 5.73 Å². The normalized spacial score (nSPS) is 24.2. The second-order valence-corrected chi connectivity index (χ2v) is 7.76. The lowest BCUT2D eigenvalue weighted by molar-refractivity contribution is 0.0401. The second-order valence-electron chi connectivity index (χ2n) is 4.99. The lowest BCUT2D eigenvalue weighted by atomic mass is 10.0. The van der Waals surface area contributed by atoms with Crippen molar-refractivity contribution in [3.05, 3.63) is 28.2 Å². The zero-order valence-electron chi connectivity index (χ0n) is 11.6. The molecule has 1 aromatic carbocycles. The highest BCUT2D eigenvalue weighted by Gasteiger charge is 2.36. The Kier molecular flexibility index (Phi) is 5.51. The van der Waals surface area contributed by atoms with E-state index in [1.54, 1.807) is 7.11 Å². The van der Waals surface area contributed by atoms with E-state index in [9.17, 15) is 8.42 Å². The molecule has 2 atom stereocenters. The lowest BCUT2D eigenvalue weighted by Crippen LogP contribution is -2.51. The molecule has 2 N–H and O–H groups in total. The molecule has 1 heterocycles. The highest BCUT2D eigenvalue weighted by Crippen LogP contribution is 2.29. The average Bonchev–Trinajstić information content (AvgIpc) is 2.45. The molecule has 5 nitrogen and oxygen atoms in total. The third-order valence-electron chi connectivity index (χ3n) is 3.66. The summed E-state index contributed by atoms with van der Waals surface area (Å²) in [5.74, 6) is 0. The minimum Gasteiger partial charge on any atom is -0.381 e. The van der Waals surface area contributed by atoms with Crippen molar-refractivity contribution in [2.24, 2.45) is 5.73 Å². The van der Waals surface area contributed by atoms with E-state index in [2.05, 4.69) is 0 Å². The van der Waals surface area contributed by atoms with Gasteiger partial charge in [0.1, 0.15) is 0 Å². The Morgan fingerprint density at radius 3 is 2.48 bits per heavy atom. The maximum atomic E-state index is 12.8. The van der Waals surface area contributed by atoms with Gasteiger partial charge in [0.15, 0.2) is 0 Å². The molecule has 2 rings (SSSR count). The second kappa shape index (κ2) is 6.81.